The molecule has 0 aliphatic carbocycles. The molecule has 1 atom stereocenters. The topological polar surface area (TPSA) is 20.2 Å². The lowest BCUT2D eigenvalue weighted by Gasteiger charge is -2.25. The van der Waals surface area contributed by atoms with E-state index in [0.29, 0.717) is 11.4 Å². The molecule has 1 N–H and O–H groups in total. The van der Waals surface area contributed by atoms with E-state index in [-0.39, 0.29) is 0 Å². The molecule has 0 radical (unpaired) electrons. The van der Waals surface area contributed by atoms with Gasteiger partial charge in [0.2, 0.25) is 0 Å². The Morgan fingerprint density at radius 1 is 1.10 bits per heavy atom. The fourth-order valence-electron chi connectivity index (χ4n) is 2.59. The van der Waals surface area contributed by atoms with Gasteiger partial charge in [0.25, 0.3) is 0 Å². The highest BCUT2D eigenvalue weighted by atomic mass is 79.9. The molecule has 0 saturated carbocycles. The highest BCUT2D eigenvalue weighted by molar-refractivity contribution is 9.10. The van der Waals surface area contributed by atoms with E-state index in [1.807, 2.05) is 18.2 Å². The second-order valence-corrected chi connectivity index (χ2v) is 6.89. The molecule has 1 unspecified atom stereocenters. The van der Waals surface area contributed by atoms with Crippen LogP contribution in [0, 0.1) is 13.8 Å². The van der Waals surface area contributed by atoms with Crippen molar-refractivity contribution < 1.29 is 5.11 Å². The maximum absolute atomic E-state index is 10.8. The Morgan fingerprint density at radius 2 is 1.70 bits per heavy atom. The van der Waals surface area contributed by atoms with E-state index in [0.717, 1.165) is 15.6 Å². The van der Waals surface area contributed by atoms with Gasteiger partial charge in [0.15, 0.2) is 0 Å². The van der Waals surface area contributed by atoms with Crippen molar-refractivity contribution in [2.24, 2.45) is 0 Å². The lowest BCUT2D eigenvalue weighted by atomic mass is 9.88. The number of rotatable bonds is 3. The van der Waals surface area contributed by atoms with E-state index in [1.54, 1.807) is 6.92 Å². The summed E-state index contributed by atoms with van der Waals surface area (Å²) >= 11 is 9.64. The van der Waals surface area contributed by atoms with Crippen LogP contribution in [-0.2, 0) is 12.0 Å². The molecular weight excluding hydrogens is 336 g/mol. The minimum atomic E-state index is -0.988. The van der Waals surface area contributed by atoms with Crippen molar-refractivity contribution in [1.29, 1.82) is 0 Å². The van der Waals surface area contributed by atoms with Crippen molar-refractivity contribution in [2.75, 3.05) is 0 Å². The van der Waals surface area contributed by atoms with Crippen molar-refractivity contribution in [3.63, 3.8) is 0 Å². The summed E-state index contributed by atoms with van der Waals surface area (Å²) in [7, 11) is 0. The Kier molecular flexibility index (Phi) is 4.58. The lowest BCUT2D eigenvalue weighted by Crippen LogP contribution is -2.24. The summed E-state index contributed by atoms with van der Waals surface area (Å²) in [5.74, 6) is 0. The minimum absolute atomic E-state index is 0.539. The zero-order valence-corrected chi connectivity index (χ0v) is 14.2. The molecule has 1 nitrogen and oxygen atoms in total. The van der Waals surface area contributed by atoms with E-state index in [9.17, 15) is 5.11 Å². The molecule has 0 spiro atoms. The molecule has 0 aliphatic rings. The van der Waals surface area contributed by atoms with Crippen LogP contribution in [0.1, 0.15) is 29.2 Å². The fraction of sp³-hybridized carbons (Fsp3) is 0.294. The number of hydrogen-bond donors (Lipinski definition) is 1. The SMILES string of the molecule is Cc1cc(C)cc(CC(C)(O)c2ccc(Br)cc2Cl)c1. The summed E-state index contributed by atoms with van der Waals surface area (Å²) in [6, 6.07) is 11.9. The average Bonchev–Trinajstić information content (AvgIpc) is 2.25. The molecule has 2 aromatic rings. The number of aryl methyl sites for hydroxylation is 2. The van der Waals surface area contributed by atoms with E-state index in [2.05, 4.69) is 48.0 Å². The molecule has 0 bridgehead atoms. The normalized spacial score (nSPS) is 14.1. The minimum Gasteiger partial charge on any atom is -0.385 e. The predicted molar refractivity (Wildman–Crippen MR) is 88.3 cm³/mol. The largest absolute Gasteiger partial charge is 0.385 e. The van der Waals surface area contributed by atoms with Crippen LogP contribution in [0.25, 0.3) is 0 Å². The molecule has 0 aliphatic heterocycles. The third-order valence-corrected chi connectivity index (χ3v) is 4.15. The van der Waals surface area contributed by atoms with Gasteiger partial charge >= 0.3 is 0 Å². The summed E-state index contributed by atoms with van der Waals surface area (Å²) in [6.07, 6.45) is 0.539. The molecule has 106 valence electrons. The van der Waals surface area contributed by atoms with E-state index < -0.39 is 5.60 Å². The number of halogens is 2. The molecule has 0 aromatic heterocycles. The molecule has 0 fully saturated rings. The Bertz CT molecular complexity index is 615. The highest BCUT2D eigenvalue weighted by Crippen LogP contribution is 2.33. The number of hydrogen-bond acceptors (Lipinski definition) is 1. The maximum Gasteiger partial charge on any atom is 0.0923 e. The van der Waals surface area contributed by atoms with Gasteiger partial charge in [0.05, 0.1) is 5.60 Å². The van der Waals surface area contributed by atoms with Gasteiger partial charge in [-0.3, -0.25) is 0 Å². The van der Waals surface area contributed by atoms with Crippen molar-refractivity contribution >= 4 is 27.5 Å². The van der Waals surface area contributed by atoms with Gasteiger partial charge in [0, 0.05) is 21.5 Å². The summed E-state index contributed by atoms with van der Waals surface area (Å²) in [4.78, 5) is 0. The monoisotopic (exact) mass is 352 g/mol. The van der Waals surface area contributed by atoms with E-state index in [1.165, 1.54) is 11.1 Å². The zero-order valence-electron chi connectivity index (χ0n) is 11.9. The molecule has 2 rings (SSSR count). The van der Waals surface area contributed by atoms with Gasteiger partial charge in [-0.05, 0) is 38.5 Å². The Labute approximate surface area is 133 Å². The van der Waals surface area contributed by atoms with Crippen LogP contribution < -0.4 is 0 Å². The van der Waals surface area contributed by atoms with Crippen molar-refractivity contribution in [3.05, 3.63) is 68.1 Å². The second-order valence-electron chi connectivity index (χ2n) is 5.57. The standard InChI is InChI=1S/C17H18BrClO/c1-11-6-12(2)8-13(7-11)10-17(3,20)15-5-4-14(18)9-16(15)19/h4-9,20H,10H2,1-3H3. The molecule has 3 heteroatoms. The number of benzene rings is 2. The van der Waals surface area contributed by atoms with Crippen LogP contribution in [0.3, 0.4) is 0 Å². The van der Waals surface area contributed by atoms with E-state index in [4.69, 9.17) is 11.6 Å². The summed E-state index contributed by atoms with van der Waals surface area (Å²) in [5.41, 5.74) is 3.29. The van der Waals surface area contributed by atoms with Crippen LogP contribution in [0.5, 0.6) is 0 Å². The predicted octanol–water partition coefficient (Wildman–Crippen LogP) is 5.17. The molecular formula is C17H18BrClO. The van der Waals surface area contributed by atoms with Gasteiger partial charge in [0.1, 0.15) is 0 Å². The van der Waals surface area contributed by atoms with Crippen LogP contribution >= 0.6 is 27.5 Å². The third-order valence-electron chi connectivity index (χ3n) is 3.34. The van der Waals surface area contributed by atoms with Gasteiger partial charge in [-0.1, -0.05) is 62.9 Å². The van der Waals surface area contributed by atoms with Crippen LogP contribution in [-0.4, -0.2) is 5.11 Å². The van der Waals surface area contributed by atoms with Gasteiger partial charge in [-0.2, -0.15) is 0 Å². The Hall–Kier alpha value is -0.830. The maximum atomic E-state index is 10.8. The van der Waals surface area contributed by atoms with Crippen molar-refractivity contribution in [1.82, 2.24) is 0 Å². The highest BCUT2D eigenvalue weighted by Gasteiger charge is 2.26. The first-order valence-corrected chi connectivity index (χ1v) is 7.70. The molecule has 0 saturated heterocycles. The number of aliphatic hydroxyl groups is 1. The molecule has 0 amide bonds. The average molecular weight is 354 g/mol. The van der Waals surface area contributed by atoms with Crippen molar-refractivity contribution in [2.45, 2.75) is 32.8 Å². The van der Waals surface area contributed by atoms with Crippen molar-refractivity contribution in [3.8, 4) is 0 Å². The van der Waals surface area contributed by atoms with Crippen LogP contribution in [0.4, 0.5) is 0 Å². The van der Waals surface area contributed by atoms with E-state index >= 15 is 0 Å². The molecule has 2 aromatic carbocycles. The first-order chi connectivity index (χ1) is 9.28. The summed E-state index contributed by atoms with van der Waals surface area (Å²) in [6.45, 7) is 5.94. The molecule has 20 heavy (non-hydrogen) atoms. The second kappa shape index (κ2) is 5.88. The summed E-state index contributed by atoms with van der Waals surface area (Å²) in [5, 5.41) is 11.4. The van der Waals surface area contributed by atoms with Crippen LogP contribution in [0.15, 0.2) is 40.9 Å². The smallest absolute Gasteiger partial charge is 0.0923 e. The van der Waals surface area contributed by atoms with Gasteiger partial charge < -0.3 is 5.11 Å². The Balaban J connectivity index is 2.34. The Morgan fingerprint density at radius 3 is 2.25 bits per heavy atom. The lowest BCUT2D eigenvalue weighted by molar-refractivity contribution is 0.0577. The summed E-state index contributed by atoms with van der Waals surface area (Å²) < 4.78 is 0.911. The first-order valence-electron chi connectivity index (χ1n) is 6.53. The van der Waals surface area contributed by atoms with Crippen LogP contribution in [0.2, 0.25) is 5.02 Å². The quantitative estimate of drug-likeness (QED) is 0.807. The molecule has 0 heterocycles. The third kappa shape index (κ3) is 3.63. The van der Waals surface area contributed by atoms with Gasteiger partial charge in [-0.15, -0.1) is 0 Å². The first kappa shape index (κ1) is 15.6. The fourth-order valence-corrected chi connectivity index (χ4v) is 3.47. The zero-order chi connectivity index (χ0) is 14.9. The van der Waals surface area contributed by atoms with Gasteiger partial charge in [-0.25, -0.2) is 0 Å².